The van der Waals surface area contributed by atoms with Crippen LogP contribution in [0.5, 0.6) is 0 Å². The summed E-state index contributed by atoms with van der Waals surface area (Å²) < 4.78 is 4.53. The third-order valence-corrected chi connectivity index (χ3v) is 1.59. The number of hydrogen-bond donors (Lipinski definition) is 0. The molecule has 1 saturated heterocycles. The zero-order valence-corrected chi connectivity index (χ0v) is 6.50. The van der Waals surface area contributed by atoms with E-state index in [1.165, 1.54) is 4.90 Å². The molecule has 0 aromatic heterocycles. The van der Waals surface area contributed by atoms with E-state index in [4.69, 9.17) is 0 Å². The monoisotopic (exact) mass is 157 g/mol. The maximum Gasteiger partial charge on any atom is 0.397 e. The maximum atomic E-state index is 11.0. The molecule has 0 radical (unpaired) electrons. The second-order valence-corrected chi connectivity index (χ2v) is 2.37. The van der Waals surface area contributed by atoms with Crippen LogP contribution < -0.4 is 0 Å². The van der Waals surface area contributed by atoms with Gasteiger partial charge in [0, 0.05) is 13.1 Å². The van der Waals surface area contributed by atoms with Crippen LogP contribution in [0.2, 0.25) is 0 Å². The number of rotatable bonds is 1. The van der Waals surface area contributed by atoms with Gasteiger partial charge in [-0.15, -0.1) is 0 Å². The SMILES string of the molecule is CCOC(=O)C(=O)N1CCC1. The van der Waals surface area contributed by atoms with Crippen LogP contribution in [0.1, 0.15) is 13.3 Å². The van der Waals surface area contributed by atoms with Crippen LogP contribution in [0, 0.1) is 0 Å². The Labute approximate surface area is 65.1 Å². The van der Waals surface area contributed by atoms with Crippen molar-refractivity contribution in [3.05, 3.63) is 0 Å². The van der Waals surface area contributed by atoms with Gasteiger partial charge in [0.15, 0.2) is 0 Å². The molecule has 4 heteroatoms. The number of ether oxygens (including phenoxy) is 1. The Bertz CT molecular complexity index is 175. The second kappa shape index (κ2) is 3.37. The van der Waals surface area contributed by atoms with Gasteiger partial charge < -0.3 is 9.64 Å². The molecule has 0 aromatic carbocycles. The van der Waals surface area contributed by atoms with Crippen LogP contribution >= 0.6 is 0 Å². The average Bonchev–Trinajstić information content (AvgIpc) is 1.84. The molecule has 62 valence electrons. The van der Waals surface area contributed by atoms with Crippen molar-refractivity contribution in [3.63, 3.8) is 0 Å². The van der Waals surface area contributed by atoms with E-state index in [-0.39, 0.29) is 6.61 Å². The molecule has 0 saturated carbocycles. The van der Waals surface area contributed by atoms with E-state index in [1.54, 1.807) is 6.92 Å². The summed E-state index contributed by atoms with van der Waals surface area (Å²) in [7, 11) is 0. The Kier molecular flexibility index (Phi) is 2.46. The van der Waals surface area contributed by atoms with Gasteiger partial charge in [-0.25, -0.2) is 4.79 Å². The fourth-order valence-corrected chi connectivity index (χ4v) is 0.841. The van der Waals surface area contributed by atoms with E-state index in [9.17, 15) is 9.59 Å². The van der Waals surface area contributed by atoms with Gasteiger partial charge in [-0.05, 0) is 13.3 Å². The number of nitrogens with zero attached hydrogens (tertiary/aromatic N) is 1. The Morgan fingerprint density at radius 3 is 2.45 bits per heavy atom. The maximum absolute atomic E-state index is 11.0. The molecular weight excluding hydrogens is 146 g/mol. The summed E-state index contributed by atoms with van der Waals surface area (Å²) in [5.41, 5.74) is 0. The number of carbonyl (C=O) groups is 2. The van der Waals surface area contributed by atoms with Gasteiger partial charge in [-0.2, -0.15) is 0 Å². The van der Waals surface area contributed by atoms with Crippen LogP contribution in [-0.2, 0) is 14.3 Å². The summed E-state index contributed by atoms with van der Waals surface area (Å²) >= 11 is 0. The van der Waals surface area contributed by atoms with Crippen molar-refractivity contribution in [2.45, 2.75) is 13.3 Å². The molecule has 1 aliphatic heterocycles. The summed E-state index contributed by atoms with van der Waals surface area (Å²) in [4.78, 5) is 23.2. The number of esters is 1. The van der Waals surface area contributed by atoms with Crippen LogP contribution in [-0.4, -0.2) is 36.5 Å². The lowest BCUT2D eigenvalue weighted by Crippen LogP contribution is -2.46. The summed E-state index contributed by atoms with van der Waals surface area (Å²) in [5.74, 6) is -1.23. The fourth-order valence-electron chi connectivity index (χ4n) is 0.841. The number of hydrogen-bond acceptors (Lipinski definition) is 3. The first-order valence-corrected chi connectivity index (χ1v) is 3.71. The summed E-state index contributed by atoms with van der Waals surface area (Å²) in [6.07, 6.45) is 0.991. The Morgan fingerprint density at radius 2 is 2.09 bits per heavy atom. The lowest BCUT2D eigenvalue weighted by molar-refractivity contribution is -0.161. The highest BCUT2D eigenvalue weighted by Gasteiger charge is 2.26. The predicted molar refractivity (Wildman–Crippen MR) is 37.8 cm³/mol. The van der Waals surface area contributed by atoms with Crippen LogP contribution in [0.4, 0.5) is 0 Å². The van der Waals surface area contributed by atoms with Crippen molar-refractivity contribution >= 4 is 11.9 Å². The molecule has 0 unspecified atom stereocenters. The Balaban J connectivity index is 2.33. The third kappa shape index (κ3) is 1.69. The van der Waals surface area contributed by atoms with Gasteiger partial charge in [-0.3, -0.25) is 4.79 Å². The number of carbonyl (C=O) groups excluding carboxylic acids is 2. The van der Waals surface area contributed by atoms with Crippen molar-refractivity contribution in [2.24, 2.45) is 0 Å². The highest BCUT2D eigenvalue weighted by molar-refractivity contribution is 6.32. The standard InChI is InChI=1S/C7H11NO3/c1-2-11-7(10)6(9)8-4-3-5-8/h2-5H2,1H3. The largest absolute Gasteiger partial charge is 0.459 e. The van der Waals surface area contributed by atoms with Crippen molar-refractivity contribution < 1.29 is 14.3 Å². The molecule has 11 heavy (non-hydrogen) atoms. The highest BCUT2D eigenvalue weighted by atomic mass is 16.5. The lowest BCUT2D eigenvalue weighted by Gasteiger charge is -2.29. The molecule has 0 N–H and O–H groups in total. The van der Waals surface area contributed by atoms with E-state index in [2.05, 4.69) is 4.74 Å². The first kappa shape index (κ1) is 8.04. The van der Waals surface area contributed by atoms with Crippen molar-refractivity contribution in [3.8, 4) is 0 Å². The molecule has 0 atom stereocenters. The zero-order valence-electron chi connectivity index (χ0n) is 6.50. The van der Waals surface area contributed by atoms with E-state index in [0.717, 1.165) is 6.42 Å². The molecule has 4 nitrogen and oxygen atoms in total. The van der Waals surface area contributed by atoms with Gasteiger partial charge in [0.1, 0.15) is 0 Å². The minimum absolute atomic E-state index is 0.262. The minimum Gasteiger partial charge on any atom is -0.459 e. The number of amides is 1. The summed E-state index contributed by atoms with van der Waals surface area (Å²) in [5, 5.41) is 0. The molecule has 1 heterocycles. The highest BCUT2D eigenvalue weighted by Crippen LogP contribution is 2.05. The smallest absolute Gasteiger partial charge is 0.397 e. The molecule has 0 bridgehead atoms. The normalized spacial score (nSPS) is 15.5. The molecule has 0 aromatic rings. The molecule has 1 aliphatic rings. The van der Waals surface area contributed by atoms with Crippen molar-refractivity contribution in [1.29, 1.82) is 0 Å². The van der Waals surface area contributed by atoms with Crippen LogP contribution in [0.3, 0.4) is 0 Å². The van der Waals surface area contributed by atoms with E-state index >= 15 is 0 Å². The van der Waals surface area contributed by atoms with Crippen molar-refractivity contribution in [1.82, 2.24) is 4.90 Å². The van der Waals surface area contributed by atoms with E-state index < -0.39 is 11.9 Å². The van der Waals surface area contributed by atoms with Gasteiger partial charge in [0.2, 0.25) is 0 Å². The summed E-state index contributed by atoms with van der Waals surface area (Å²) in [6, 6.07) is 0. The van der Waals surface area contributed by atoms with Gasteiger partial charge >= 0.3 is 11.9 Å². The van der Waals surface area contributed by atoms with Gasteiger partial charge in [-0.1, -0.05) is 0 Å². The molecule has 0 aliphatic carbocycles. The first-order chi connectivity index (χ1) is 5.25. The van der Waals surface area contributed by atoms with Gasteiger partial charge in [0.05, 0.1) is 6.61 Å². The number of likely N-dealkylation sites (tertiary alicyclic amines) is 1. The Hall–Kier alpha value is -1.06. The minimum atomic E-state index is -0.729. The third-order valence-electron chi connectivity index (χ3n) is 1.59. The predicted octanol–water partition coefficient (Wildman–Crippen LogP) is -0.218. The van der Waals surface area contributed by atoms with E-state index in [1.807, 2.05) is 0 Å². The zero-order chi connectivity index (χ0) is 8.27. The molecule has 0 spiro atoms. The van der Waals surface area contributed by atoms with Crippen LogP contribution in [0.15, 0.2) is 0 Å². The molecule has 1 amide bonds. The topological polar surface area (TPSA) is 46.6 Å². The Morgan fingerprint density at radius 1 is 1.45 bits per heavy atom. The molecular formula is C7H11NO3. The average molecular weight is 157 g/mol. The lowest BCUT2D eigenvalue weighted by atomic mass is 10.2. The quantitative estimate of drug-likeness (QED) is 0.390. The molecule has 1 rings (SSSR count). The second-order valence-electron chi connectivity index (χ2n) is 2.37. The van der Waals surface area contributed by atoms with E-state index in [0.29, 0.717) is 13.1 Å². The first-order valence-electron chi connectivity index (χ1n) is 3.71. The molecule has 1 fully saturated rings. The fraction of sp³-hybridized carbons (Fsp3) is 0.714. The van der Waals surface area contributed by atoms with Crippen molar-refractivity contribution in [2.75, 3.05) is 19.7 Å². The van der Waals surface area contributed by atoms with Gasteiger partial charge in [0.25, 0.3) is 0 Å². The summed E-state index contributed by atoms with van der Waals surface area (Å²) in [6.45, 7) is 3.33. The van der Waals surface area contributed by atoms with Crippen LogP contribution in [0.25, 0.3) is 0 Å².